The van der Waals surface area contributed by atoms with E-state index in [0.29, 0.717) is 31.1 Å². The summed E-state index contributed by atoms with van der Waals surface area (Å²) in [6.45, 7) is 3.71. The Labute approximate surface area is 172 Å². The van der Waals surface area contributed by atoms with Crippen LogP contribution in [0.4, 0.5) is 0 Å². The molecule has 4 heteroatoms. The zero-order chi connectivity index (χ0) is 20.3. The van der Waals surface area contributed by atoms with Crippen LogP contribution in [0.1, 0.15) is 34.8 Å². The number of hydrogen-bond donors (Lipinski definition) is 1. The number of hydrogen-bond acceptors (Lipinski definition) is 3. The Morgan fingerprint density at radius 3 is 2.52 bits per heavy atom. The van der Waals surface area contributed by atoms with Gasteiger partial charge in [0.05, 0.1) is 6.61 Å². The molecule has 29 heavy (non-hydrogen) atoms. The van der Waals surface area contributed by atoms with Gasteiger partial charge in [0.1, 0.15) is 18.1 Å². The molecule has 0 aromatic heterocycles. The summed E-state index contributed by atoms with van der Waals surface area (Å²) < 4.78 is 11.5. The van der Waals surface area contributed by atoms with Crippen LogP contribution >= 0.6 is 0 Å². The molecule has 1 N–H and O–H groups in total. The van der Waals surface area contributed by atoms with Crippen LogP contribution in [0.2, 0.25) is 0 Å². The first kappa shape index (κ1) is 20.5. The summed E-state index contributed by atoms with van der Waals surface area (Å²) in [6.07, 6.45) is 1.71. The normalized spacial score (nSPS) is 10.4. The molecule has 0 aliphatic carbocycles. The molecule has 0 aliphatic rings. The van der Waals surface area contributed by atoms with Crippen molar-refractivity contribution < 1.29 is 14.3 Å². The van der Waals surface area contributed by atoms with Crippen molar-refractivity contribution in [1.29, 1.82) is 0 Å². The minimum absolute atomic E-state index is 0.0896. The summed E-state index contributed by atoms with van der Waals surface area (Å²) in [6, 6.07) is 25.3. The lowest BCUT2D eigenvalue weighted by Crippen LogP contribution is -2.24. The van der Waals surface area contributed by atoms with Gasteiger partial charge in [-0.1, -0.05) is 54.6 Å². The van der Waals surface area contributed by atoms with Crippen LogP contribution in [-0.2, 0) is 13.0 Å². The highest BCUT2D eigenvalue weighted by Gasteiger charge is 2.07. The van der Waals surface area contributed by atoms with Crippen LogP contribution in [-0.4, -0.2) is 19.1 Å². The third kappa shape index (κ3) is 6.39. The van der Waals surface area contributed by atoms with Gasteiger partial charge in [-0.15, -0.1) is 0 Å². The molecule has 0 saturated carbocycles. The molecule has 3 rings (SSSR count). The first-order valence-corrected chi connectivity index (χ1v) is 10.0. The molecule has 0 aliphatic heterocycles. The molecule has 0 radical (unpaired) electrons. The van der Waals surface area contributed by atoms with Gasteiger partial charge in [0.15, 0.2) is 0 Å². The van der Waals surface area contributed by atoms with Gasteiger partial charge in [-0.05, 0) is 55.2 Å². The number of amides is 1. The maximum atomic E-state index is 12.5. The van der Waals surface area contributed by atoms with Crippen LogP contribution in [0.15, 0.2) is 78.9 Å². The quantitative estimate of drug-likeness (QED) is 0.495. The van der Waals surface area contributed by atoms with E-state index >= 15 is 0 Å². The molecule has 0 bridgehead atoms. The van der Waals surface area contributed by atoms with Gasteiger partial charge >= 0.3 is 0 Å². The molecular formula is C25H27NO3. The van der Waals surface area contributed by atoms with Crippen molar-refractivity contribution in [2.75, 3.05) is 13.2 Å². The second-order valence-electron chi connectivity index (χ2n) is 6.70. The summed E-state index contributed by atoms with van der Waals surface area (Å²) in [7, 11) is 0. The number of para-hydroxylation sites is 1. The van der Waals surface area contributed by atoms with Crippen LogP contribution in [0, 0.1) is 0 Å². The third-order valence-electron chi connectivity index (χ3n) is 4.53. The summed E-state index contributed by atoms with van der Waals surface area (Å²) >= 11 is 0. The number of nitrogens with one attached hydrogen (secondary N) is 1. The molecular weight excluding hydrogens is 362 g/mol. The molecule has 4 nitrogen and oxygen atoms in total. The monoisotopic (exact) mass is 389 g/mol. The first-order chi connectivity index (χ1) is 14.3. The number of rotatable bonds is 10. The van der Waals surface area contributed by atoms with Crippen molar-refractivity contribution in [3.05, 3.63) is 95.6 Å². The Morgan fingerprint density at radius 2 is 1.69 bits per heavy atom. The number of aryl methyl sites for hydroxylation is 1. The first-order valence-electron chi connectivity index (χ1n) is 10.0. The van der Waals surface area contributed by atoms with Gasteiger partial charge in [-0.3, -0.25) is 4.79 Å². The van der Waals surface area contributed by atoms with E-state index in [0.717, 1.165) is 24.2 Å². The molecule has 150 valence electrons. The summed E-state index contributed by atoms with van der Waals surface area (Å²) in [5, 5.41) is 2.99. The fourth-order valence-corrected chi connectivity index (χ4v) is 3.06. The van der Waals surface area contributed by atoms with Crippen LogP contribution in [0.5, 0.6) is 11.5 Å². The topological polar surface area (TPSA) is 47.6 Å². The lowest BCUT2D eigenvalue weighted by molar-refractivity contribution is 0.0952. The van der Waals surface area contributed by atoms with Crippen molar-refractivity contribution in [2.24, 2.45) is 0 Å². The highest BCUT2D eigenvalue weighted by atomic mass is 16.5. The number of carbonyl (C=O) groups is 1. The Hall–Kier alpha value is -3.27. The van der Waals surface area contributed by atoms with E-state index in [-0.39, 0.29) is 5.91 Å². The Balaban J connectivity index is 1.47. The van der Waals surface area contributed by atoms with Gasteiger partial charge < -0.3 is 14.8 Å². The molecule has 0 saturated heterocycles. The number of benzene rings is 3. The minimum Gasteiger partial charge on any atom is -0.494 e. The lowest BCUT2D eigenvalue weighted by Gasteiger charge is -2.11. The molecule has 3 aromatic rings. The van der Waals surface area contributed by atoms with Gasteiger partial charge in [-0.2, -0.15) is 0 Å². The van der Waals surface area contributed by atoms with Crippen molar-refractivity contribution in [3.63, 3.8) is 0 Å². The maximum absolute atomic E-state index is 12.5. The molecule has 1 amide bonds. The van der Waals surface area contributed by atoms with E-state index in [2.05, 4.69) is 11.4 Å². The fourth-order valence-electron chi connectivity index (χ4n) is 3.06. The maximum Gasteiger partial charge on any atom is 0.251 e. The largest absolute Gasteiger partial charge is 0.494 e. The smallest absolute Gasteiger partial charge is 0.251 e. The average Bonchev–Trinajstić information content (AvgIpc) is 2.77. The van der Waals surface area contributed by atoms with E-state index in [9.17, 15) is 4.79 Å². The van der Waals surface area contributed by atoms with Crippen molar-refractivity contribution in [1.82, 2.24) is 5.32 Å². The van der Waals surface area contributed by atoms with Crippen molar-refractivity contribution in [3.8, 4) is 11.5 Å². The average molecular weight is 389 g/mol. The van der Waals surface area contributed by atoms with Crippen LogP contribution in [0.3, 0.4) is 0 Å². The number of carbonyl (C=O) groups excluding carboxylic acids is 1. The predicted octanol–water partition coefficient (Wildman–Crippen LogP) is 5.03. The van der Waals surface area contributed by atoms with E-state index in [1.807, 2.05) is 67.6 Å². The Kier molecular flexibility index (Phi) is 7.70. The Morgan fingerprint density at radius 1 is 0.897 bits per heavy atom. The van der Waals surface area contributed by atoms with Gasteiger partial charge in [-0.25, -0.2) is 0 Å². The molecule has 0 unspecified atom stereocenters. The highest BCUT2D eigenvalue weighted by molar-refractivity contribution is 5.94. The predicted molar refractivity (Wildman–Crippen MR) is 115 cm³/mol. The standard InChI is InChI=1S/C25H27NO3/c1-2-28-24-16-7-6-12-21(24)14-9-17-26-25(27)22-13-8-15-23(18-22)29-19-20-10-4-3-5-11-20/h3-8,10-13,15-16,18H,2,9,14,17,19H2,1H3,(H,26,27). The van der Waals surface area contributed by atoms with Gasteiger partial charge in [0, 0.05) is 12.1 Å². The summed E-state index contributed by atoms with van der Waals surface area (Å²) in [5.41, 5.74) is 2.86. The van der Waals surface area contributed by atoms with Gasteiger partial charge in [0.2, 0.25) is 0 Å². The van der Waals surface area contributed by atoms with E-state index in [1.54, 1.807) is 12.1 Å². The van der Waals surface area contributed by atoms with Crippen LogP contribution < -0.4 is 14.8 Å². The highest BCUT2D eigenvalue weighted by Crippen LogP contribution is 2.19. The van der Waals surface area contributed by atoms with Crippen LogP contribution in [0.25, 0.3) is 0 Å². The fraction of sp³-hybridized carbons (Fsp3) is 0.240. The van der Waals surface area contributed by atoms with E-state index in [1.165, 1.54) is 5.56 Å². The second-order valence-corrected chi connectivity index (χ2v) is 6.70. The zero-order valence-corrected chi connectivity index (χ0v) is 16.8. The lowest BCUT2D eigenvalue weighted by atomic mass is 10.1. The molecule has 3 aromatic carbocycles. The van der Waals surface area contributed by atoms with Gasteiger partial charge in [0.25, 0.3) is 5.91 Å². The molecule has 0 atom stereocenters. The SMILES string of the molecule is CCOc1ccccc1CCCNC(=O)c1cccc(OCc2ccccc2)c1. The third-order valence-corrected chi connectivity index (χ3v) is 4.53. The summed E-state index contributed by atoms with van der Waals surface area (Å²) in [5.74, 6) is 1.52. The van der Waals surface area contributed by atoms with E-state index < -0.39 is 0 Å². The minimum atomic E-state index is -0.0896. The Bertz CT molecular complexity index is 909. The van der Waals surface area contributed by atoms with Crippen molar-refractivity contribution in [2.45, 2.75) is 26.4 Å². The molecule has 0 heterocycles. The second kappa shape index (κ2) is 10.9. The van der Waals surface area contributed by atoms with E-state index in [4.69, 9.17) is 9.47 Å². The zero-order valence-electron chi connectivity index (χ0n) is 16.8. The summed E-state index contributed by atoms with van der Waals surface area (Å²) in [4.78, 5) is 12.5. The molecule has 0 spiro atoms. The van der Waals surface area contributed by atoms with Crippen molar-refractivity contribution >= 4 is 5.91 Å². The molecule has 0 fully saturated rings. The number of ether oxygens (including phenoxy) is 2.